The SMILES string of the molecule is O=C(CCc1cncnc1)NCc1ccccc1Cl. The molecule has 0 bridgehead atoms. The fourth-order valence-corrected chi connectivity index (χ4v) is 1.84. The molecule has 0 aliphatic heterocycles. The van der Waals surface area contributed by atoms with Gasteiger partial charge in [-0.25, -0.2) is 9.97 Å². The monoisotopic (exact) mass is 275 g/mol. The summed E-state index contributed by atoms with van der Waals surface area (Å²) in [4.78, 5) is 19.5. The zero-order chi connectivity index (χ0) is 13.5. The third-order valence-corrected chi connectivity index (χ3v) is 3.06. The molecule has 1 N–H and O–H groups in total. The van der Waals surface area contributed by atoms with Crippen molar-refractivity contribution in [2.75, 3.05) is 0 Å². The maximum Gasteiger partial charge on any atom is 0.220 e. The number of halogens is 1. The van der Waals surface area contributed by atoms with Gasteiger partial charge in [-0.3, -0.25) is 4.79 Å². The second kappa shape index (κ2) is 6.85. The highest BCUT2D eigenvalue weighted by Crippen LogP contribution is 2.14. The molecule has 0 radical (unpaired) electrons. The number of aromatic nitrogens is 2. The minimum atomic E-state index is -0.0104. The molecule has 5 heteroatoms. The number of aryl methyl sites for hydroxylation is 1. The number of hydrogen-bond donors (Lipinski definition) is 1. The van der Waals surface area contributed by atoms with Crippen LogP contribution in [-0.2, 0) is 17.8 Å². The van der Waals surface area contributed by atoms with Crippen LogP contribution < -0.4 is 5.32 Å². The summed E-state index contributed by atoms with van der Waals surface area (Å²) >= 11 is 6.01. The van der Waals surface area contributed by atoms with E-state index < -0.39 is 0 Å². The minimum Gasteiger partial charge on any atom is -0.352 e. The van der Waals surface area contributed by atoms with Gasteiger partial charge in [-0.2, -0.15) is 0 Å². The average molecular weight is 276 g/mol. The number of carbonyl (C=O) groups excluding carboxylic acids is 1. The molecule has 0 saturated heterocycles. The van der Waals surface area contributed by atoms with Gasteiger partial charge in [0.05, 0.1) is 0 Å². The molecule has 0 fully saturated rings. The lowest BCUT2D eigenvalue weighted by molar-refractivity contribution is -0.121. The molecule has 0 aliphatic carbocycles. The van der Waals surface area contributed by atoms with Crippen molar-refractivity contribution >= 4 is 17.5 Å². The van der Waals surface area contributed by atoms with E-state index in [1.54, 1.807) is 12.4 Å². The first-order valence-electron chi connectivity index (χ1n) is 5.99. The molecule has 0 atom stereocenters. The van der Waals surface area contributed by atoms with E-state index in [1.165, 1.54) is 6.33 Å². The summed E-state index contributed by atoms with van der Waals surface area (Å²) in [5.74, 6) is -0.0104. The molecule has 1 aromatic heterocycles. The van der Waals surface area contributed by atoms with Crippen molar-refractivity contribution in [1.29, 1.82) is 0 Å². The molecule has 2 rings (SSSR count). The van der Waals surface area contributed by atoms with Gasteiger partial charge in [-0.05, 0) is 23.6 Å². The molecule has 98 valence electrons. The van der Waals surface area contributed by atoms with Crippen LogP contribution in [0.4, 0.5) is 0 Å². The number of amides is 1. The maximum atomic E-state index is 11.7. The Labute approximate surface area is 116 Å². The van der Waals surface area contributed by atoms with Gasteiger partial charge in [0.25, 0.3) is 0 Å². The van der Waals surface area contributed by atoms with Crippen molar-refractivity contribution in [1.82, 2.24) is 15.3 Å². The summed E-state index contributed by atoms with van der Waals surface area (Å²) in [5, 5.41) is 3.51. The lowest BCUT2D eigenvalue weighted by Gasteiger charge is -2.06. The Kier molecular flexibility index (Phi) is 4.86. The van der Waals surface area contributed by atoms with Crippen molar-refractivity contribution in [2.24, 2.45) is 0 Å². The Balaban J connectivity index is 1.78. The van der Waals surface area contributed by atoms with E-state index in [2.05, 4.69) is 15.3 Å². The maximum absolute atomic E-state index is 11.7. The van der Waals surface area contributed by atoms with E-state index in [0.29, 0.717) is 24.4 Å². The van der Waals surface area contributed by atoms with Gasteiger partial charge < -0.3 is 5.32 Å². The zero-order valence-electron chi connectivity index (χ0n) is 10.3. The van der Waals surface area contributed by atoms with Crippen molar-refractivity contribution in [2.45, 2.75) is 19.4 Å². The summed E-state index contributed by atoms with van der Waals surface area (Å²) in [7, 11) is 0. The fourth-order valence-electron chi connectivity index (χ4n) is 1.64. The first-order chi connectivity index (χ1) is 9.25. The Morgan fingerprint density at radius 2 is 1.95 bits per heavy atom. The Hall–Kier alpha value is -1.94. The second-order valence-corrected chi connectivity index (χ2v) is 4.52. The van der Waals surface area contributed by atoms with Crippen molar-refractivity contribution in [3.63, 3.8) is 0 Å². The van der Waals surface area contributed by atoms with Gasteiger partial charge in [0.15, 0.2) is 0 Å². The van der Waals surface area contributed by atoms with E-state index in [-0.39, 0.29) is 5.91 Å². The van der Waals surface area contributed by atoms with Crippen LogP contribution in [0, 0.1) is 0 Å². The summed E-state index contributed by atoms with van der Waals surface area (Å²) in [6, 6.07) is 7.47. The Morgan fingerprint density at radius 1 is 1.21 bits per heavy atom. The van der Waals surface area contributed by atoms with Crippen LogP contribution in [0.3, 0.4) is 0 Å². The largest absolute Gasteiger partial charge is 0.352 e. The van der Waals surface area contributed by atoms with Crippen LogP contribution >= 0.6 is 11.6 Å². The number of benzene rings is 1. The van der Waals surface area contributed by atoms with Gasteiger partial charge in [-0.15, -0.1) is 0 Å². The minimum absolute atomic E-state index is 0.0104. The molecule has 1 heterocycles. The second-order valence-electron chi connectivity index (χ2n) is 4.11. The van der Waals surface area contributed by atoms with Crippen LogP contribution in [-0.4, -0.2) is 15.9 Å². The van der Waals surface area contributed by atoms with E-state index in [4.69, 9.17) is 11.6 Å². The normalized spacial score (nSPS) is 10.2. The van der Waals surface area contributed by atoms with Gasteiger partial charge in [-0.1, -0.05) is 29.8 Å². The number of hydrogen-bond acceptors (Lipinski definition) is 3. The van der Waals surface area contributed by atoms with E-state index in [0.717, 1.165) is 11.1 Å². The Morgan fingerprint density at radius 3 is 2.68 bits per heavy atom. The Bertz CT molecular complexity index is 545. The van der Waals surface area contributed by atoms with Crippen LogP contribution in [0.1, 0.15) is 17.5 Å². The van der Waals surface area contributed by atoms with E-state index in [9.17, 15) is 4.79 Å². The van der Waals surface area contributed by atoms with Crippen molar-refractivity contribution < 1.29 is 4.79 Å². The summed E-state index contributed by atoms with van der Waals surface area (Å²) in [6.45, 7) is 0.448. The molecule has 1 amide bonds. The average Bonchev–Trinajstić information content (AvgIpc) is 2.45. The number of carbonyl (C=O) groups is 1. The topological polar surface area (TPSA) is 54.9 Å². The molecule has 2 aromatic rings. The lowest BCUT2D eigenvalue weighted by atomic mass is 10.2. The third-order valence-electron chi connectivity index (χ3n) is 2.69. The molecule has 0 unspecified atom stereocenters. The highest BCUT2D eigenvalue weighted by atomic mass is 35.5. The molecule has 19 heavy (non-hydrogen) atoms. The van der Waals surface area contributed by atoms with E-state index in [1.807, 2.05) is 24.3 Å². The number of rotatable bonds is 5. The van der Waals surface area contributed by atoms with Gasteiger partial charge in [0, 0.05) is 30.4 Å². The molecule has 0 spiro atoms. The van der Waals surface area contributed by atoms with Crippen LogP contribution in [0.25, 0.3) is 0 Å². The first kappa shape index (κ1) is 13.5. The van der Waals surface area contributed by atoms with E-state index >= 15 is 0 Å². The number of nitrogens with zero attached hydrogens (tertiary/aromatic N) is 2. The standard InChI is InChI=1S/C14H14ClN3O/c15-13-4-2-1-3-12(13)9-18-14(19)6-5-11-7-16-10-17-8-11/h1-4,7-8,10H,5-6,9H2,(H,18,19). The summed E-state index contributed by atoms with van der Waals surface area (Å²) < 4.78 is 0. The molecule has 0 aliphatic rings. The molecule has 4 nitrogen and oxygen atoms in total. The smallest absolute Gasteiger partial charge is 0.220 e. The fraction of sp³-hybridized carbons (Fsp3) is 0.214. The van der Waals surface area contributed by atoms with Gasteiger partial charge in [0.1, 0.15) is 6.33 Å². The molecule has 0 saturated carbocycles. The van der Waals surface area contributed by atoms with Gasteiger partial charge >= 0.3 is 0 Å². The molecular formula is C14H14ClN3O. The summed E-state index contributed by atoms with van der Waals surface area (Å²) in [5.41, 5.74) is 1.87. The van der Waals surface area contributed by atoms with Gasteiger partial charge in [0.2, 0.25) is 5.91 Å². The lowest BCUT2D eigenvalue weighted by Crippen LogP contribution is -2.23. The third kappa shape index (κ3) is 4.34. The predicted octanol–water partition coefficient (Wildman–Crippen LogP) is 2.38. The van der Waals surface area contributed by atoms with Crippen LogP contribution in [0.5, 0.6) is 0 Å². The van der Waals surface area contributed by atoms with Crippen LogP contribution in [0.15, 0.2) is 43.0 Å². The predicted molar refractivity (Wildman–Crippen MR) is 73.7 cm³/mol. The highest BCUT2D eigenvalue weighted by Gasteiger charge is 2.04. The molecular weight excluding hydrogens is 262 g/mol. The van der Waals surface area contributed by atoms with Crippen molar-refractivity contribution in [3.05, 3.63) is 59.1 Å². The number of nitrogens with one attached hydrogen (secondary N) is 1. The summed E-state index contributed by atoms with van der Waals surface area (Å²) in [6.07, 6.45) is 5.96. The zero-order valence-corrected chi connectivity index (χ0v) is 11.1. The quantitative estimate of drug-likeness (QED) is 0.911. The molecule has 1 aromatic carbocycles. The van der Waals surface area contributed by atoms with Crippen LogP contribution in [0.2, 0.25) is 5.02 Å². The first-order valence-corrected chi connectivity index (χ1v) is 6.37. The van der Waals surface area contributed by atoms with Crippen molar-refractivity contribution in [3.8, 4) is 0 Å². The highest BCUT2D eigenvalue weighted by molar-refractivity contribution is 6.31.